The topological polar surface area (TPSA) is 64.3 Å². The van der Waals surface area contributed by atoms with Crippen LogP contribution in [0.15, 0.2) is 0 Å². The van der Waals surface area contributed by atoms with Crippen molar-refractivity contribution in [1.29, 1.82) is 0 Å². The van der Waals surface area contributed by atoms with Crippen molar-refractivity contribution in [3.8, 4) is 0 Å². The van der Waals surface area contributed by atoms with Crippen molar-refractivity contribution >= 4 is 5.91 Å². The molecule has 0 aliphatic rings. The van der Waals surface area contributed by atoms with Gasteiger partial charge in [-0.15, -0.1) is 0 Å². The van der Waals surface area contributed by atoms with E-state index in [1.165, 1.54) is 0 Å². The van der Waals surface area contributed by atoms with Crippen molar-refractivity contribution in [2.75, 3.05) is 13.2 Å². The van der Waals surface area contributed by atoms with Gasteiger partial charge < -0.3 is 15.8 Å². The second kappa shape index (κ2) is 7.65. The van der Waals surface area contributed by atoms with Crippen LogP contribution in [-0.2, 0) is 9.53 Å². The molecule has 0 aromatic carbocycles. The van der Waals surface area contributed by atoms with Crippen molar-refractivity contribution < 1.29 is 9.53 Å². The molecule has 0 aromatic heterocycles. The first-order valence-electron chi connectivity index (χ1n) is 5.61. The Kier molecular flexibility index (Phi) is 7.34. The normalized spacial score (nSPS) is 15.1. The second-order valence-electron chi connectivity index (χ2n) is 4.31. The Morgan fingerprint density at radius 1 is 1.40 bits per heavy atom. The Bertz CT molecular complexity index is 183. The molecule has 4 nitrogen and oxygen atoms in total. The molecule has 0 rings (SSSR count). The lowest BCUT2D eigenvalue weighted by Crippen LogP contribution is -2.46. The minimum absolute atomic E-state index is 0.0238. The molecule has 0 radical (unpaired) electrons. The van der Waals surface area contributed by atoms with E-state index in [4.69, 9.17) is 10.5 Å². The highest BCUT2D eigenvalue weighted by molar-refractivity contribution is 5.81. The van der Waals surface area contributed by atoms with Gasteiger partial charge in [-0.25, -0.2) is 0 Å². The average molecular weight is 216 g/mol. The maximum absolute atomic E-state index is 11.6. The minimum atomic E-state index is -0.408. The van der Waals surface area contributed by atoms with Crippen LogP contribution in [0.4, 0.5) is 0 Å². The molecule has 2 atom stereocenters. The summed E-state index contributed by atoms with van der Waals surface area (Å²) in [5.41, 5.74) is 5.74. The summed E-state index contributed by atoms with van der Waals surface area (Å²) in [7, 11) is 0. The monoisotopic (exact) mass is 216 g/mol. The molecule has 0 bridgehead atoms. The molecule has 90 valence electrons. The zero-order valence-electron chi connectivity index (χ0n) is 10.2. The lowest BCUT2D eigenvalue weighted by molar-refractivity contribution is -0.123. The van der Waals surface area contributed by atoms with Crippen molar-refractivity contribution in [2.24, 2.45) is 11.7 Å². The predicted molar refractivity (Wildman–Crippen MR) is 61.5 cm³/mol. The Hall–Kier alpha value is -0.610. The third-order valence-electron chi connectivity index (χ3n) is 2.02. The van der Waals surface area contributed by atoms with Crippen LogP contribution < -0.4 is 11.1 Å². The molecule has 4 heteroatoms. The van der Waals surface area contributed by atoms with E-state index in [9.17, 15) is 4.79 Å². The quantitative estimate of drug-likeness (QED) is 0.664. The summed E-state index contributed by atoms with van der Waals surface area (Å²) in [6.45, 7) is 9.15. The predicted octanol–water partition coefficient (Wildman–Crippen LogP) is 0.901. The number of hydrogen-bond acceptors (Lipinski definition) is 3. The van der Waals surface area contributed by atoms with E-state index in [1.54, 1.807) is 0 Å². The Morgan fingerprint density at radius 2 is 2.00 bits per heavy atom. The van der Waals surface area contributed by atoms with E-state index in [0.717, 1.165) is 0 Å². The summed E-state index contributed by atoms with van der Waals surface area (Å²) in [6.07, 6.45) is 0.715. The van der Waals surface area contributed by atoms with Gasteiger partial charge in [0.1, 0.15) is 0 Å². The van der Waals surface area contributed by atoms with E-state index in [2.05, 4.69) is 19.2 Å². The molecule has 1 amide bonds. The fraction of sp³-hybridized carbons (Fsp3) is 0.909. The smallest absolute Gasteiger partial charge is 0.237 e. The van der Waals surface area contributed by atoms with Gasteiger partial charge in [-0.05, 0) is 26.2 Å². The van der Waals surface area contributed by atoms with Crippen molar-refractivity contribution in [3.63, 3.8) is 0 Å². The average Bonchev–Trinajstić information content (AvgIpc) is 2.13. The maximum atomic E-state index is 11.6. The van der Waals surface area contributed by atoms with Crippen LogP contribution in [0.1, 0.15) is 34.1 Å². The number of ether oxygens (including phenoxy) is 1. The molecule has 0 aliphatic carbocycles. The zero-order valence-corrected chi connectivity index (χ0v) is 10.2. The highest BCUT2D eigenvalue weighted by Crippen LogP contribution is 2.02. The number of nitrogens with one attached hydrogen (secondary N) is 1. The van der Waals surface area contributed by atoms with E-state index < -0.39 is 6.04 Å². The number of nitrogens with two attached hydrogens (primary N) is 1. The summed E-state index contributed by atoms with van der Waals surface area (Å²) >= 11 is 0. The summed E-state index contributed by atoms with van der Waals surface area (Å²) in [6, 6.07) is -0.385. The molecule has 0 fully saturated rings. The third kappa shape index (κ3) is 7.33. The summed E-state index contributed by atoms with van der Waals surface area (Å²) < 4.78 is 5.20. The molecular formula is C11H24N2O2. The molecule has 0 saturated heterocycles. The standard InChI is InChI=1S/C11H24N2O2/c1-5-15-7-9(4)13-11(14)10(12)6-8(2)3/h8-10H,5-7,12H2,1-4H3,(H,13,14)/t9?,10-/m0/s1. The lowest BCUT2D eigenvalue weighted by atomic mass is 10.0. The first-order valence-corrected chi connectivity index (χ1v) is 5.61. The molecule has 1 unspecified atom stereocenters. The van der Waals surface area contributed by atoms with Crippen molar-refractivity contribution in [2.45, 2.75) is 46.2 Å². The van der Waals surface area contributed by atoms with Gasteiger partial charge in [0.15, 0.2) is 0 Å². The van der Waals surface area contributed by atoms with E-state index in [1.807, 2.05) is 13.8 Å². The van der Waals surface area contributed by atoms with E-state index in [0.29, 0.717) is 25.6 Å². The Balaban J connectivity index is 3.80. The number of rotatable bonds is 7. The van der Waals surface area contributed by atoms with Crippen LogP contribution in [-0.4, -0.2) is 31.2 Å². The van der Waals surface area contributed by atoms with Crippen LogP contribution in [0.25, 0.3) is 0 Å². The highest BCUT2D eigenvalue weighted by atomic mass is 16.5. The molecule has 0 aromatic rings. The first kappa shape index (κ1) is 14.4. The molecule has 15 heavy (non-hydrogen) atoms. The highest BCUT2D eigenvalue weighted by Gasteiger charge is 2.16. The van der Waals surface area contributed by atoms with Gasteiger partial charge in [0.05, 0.1) is 12.6 Å². The van der Waals surface area contributed by atoms with E-state index >= 15 is 0 Å². The van der Waals surface area contributed by atoms with Crippen LogP contribution >= 0.6 is 0 Å². The van der Waals surface area contributed by atoms with Crippen LogP contribution in [0, 0.1) is 5.92 Å². The Morgan fingerprint density at radius 3 is 2.47 bits per heavy atom. The summed E-state index contributed by atoms with van der Waals surface area (Å²) in [5.74, 6) is 0.351. The minimum Gasteiger partial charge on any atom is -0.380 e. The zero-order chi connectivity index (χ0) is 11.8. The molecule has 0 spiro atoms. The van der Waals surface area contributed by atoms with Crippen molar-refractivity contribution in [1.82, 2.24) is 5.32 Å². The molecule has 0 aliphatic heterocycles. The second-order valence-corrected chi connectivity index (χ2v) is 4.31. The van der Waals surface area contributed by atoms with E-state index in [-0.39, 0.29) is 11.9 Å². The lowest BCUT2D eigenvalue weighted by Gasteiger charge is -2.18. The van der Waals surface area contributed by atoms with Gasteiger partial charge in [-0.1, -0.05) is 13.8 Å². The van der Waals surface area contributed by atoms with Crippen molar-refractivity contribution in [3.05, 3.63) is 0 Å². The first-order chi connectivity index (χ1) is 6.97. The Labute approximate surface area is 92.6 Å². The third-order valence-corrected chi connectivity index (χ3v) is 2.02. The van der Waals surface area contributed by atoms with Gasteiger partial charge in [-0.3, -0.25) is 4.79 Å². The van der Waals surface area contributed by atoms with Crippen LogP contribution in [0.2, 0.25) is 0 Å². The van der Waals surface area contributed by atoms with Crippen LogP contribution in [0.3, 0.4) is 0 Å². The number of carbonyl (C=O) groups is 1. The van der Waals surface area contributed by atoms with Gasteiger partial charge in [0.25, 0.3) is 0 Å². The summed E-state index contributed by atoms with van der Waals surface area (Å²) in [4.78, 5) is 11.6. The molecular weight excluding hydrogens is 192 g/mol. The van der Waals surface area contributed by atoms with Gasteiger partial charge in [-0.2, -0.15) is 0 Å². The number of carbonyl (C=O) groups excluding carboxylic acids is 1. The van der Waals surface area contributed by atoms with Crippen LogP contribution in [0.5, 0.6) is 0 Å². The number of hydrogen-bond donors (Lipinski definition) is 2. The van der Waals surface area contributed by atoms with Gasteiger partial charge >= 0.3 is 0 Å². The molecule has 0 saturated carbocycles. The SMILES string of the molecule is CCOCC(C)NC(=O)[C@@H](N)CC(C)C. The maximum Gasteiger partial charge on any atom is 0.237 e. The largest absolute Gasteiger partial charge is 0.380 e. The summed E-state index contributed by atoms with van der Waals surface area (Å²) in [5, 5.41) is 2.83. The number of amides is 1. The fourth-order valence-electron chi connectivity index (χ4n) is 1.30. The fourth-order valence-corrected chi connectivity index (χ4v) is 1.30. The molecule has 0 heterocycles. The molecule has 3 N–H and O–H groups in total. The van der Waals surface area contributed by atoms with Gasteiger partial charge in [0.2, 0.25) is 5.91 Å². The van der Waals surface area contributed by atoms with Gasteiger partial charge in [0, 0.05) is 12.6 Å².